The minimum atomic E-state index is -2.91. The van der Waals surface area contributed by atoms with Gasteiger partial charge in [0.25, 0.3) is 0 Å². The predicted octanol–water partition coefficient (Wildman–Crippen LogP) is 1.30. The molecule has 0 bridgehead atoms. The molecule has 0 aliphatic rings. The van der Waals surface area contributed by atoms with Gasteiger partial charge in [0, 0.05) is 23.6 Å². The summed E-state index contributed by atoms with van der Waals surface area (Å²) in [5, 5.41) is 0. The van der Waals surface area contributed by atoms with Gasteiger partial charge in [0.1, 0.15) is 15.6 Å². The van der Waals surface area contributed by atoms with Crippen molar-refractivity contribution in [3.05, 3.63) is 24.0 Å². The van der Waals surface area contributed by atoms with Crippen molar-refractivity contribution in [2.24, 2.45) is 5.73 Å². The molecular weight excluding hydrogens is 252 g/mol. The molecule has 1 atom stereocenters. The number of ether oxygens (including phenoxy) is 1. The summed E-state index contributed by atoms with van der Waals surface area (Å²) in [6.07, 6.45) is 4.43. The van der Waals surface area contributed by atoms with E-state index in [1.807, 2.05) is 0 Å². The third kappa shape index (κ3) is 4.27. The first-order chi connectivity index (χ1) is 8.50. The fourth-order valence-corrected chi connectivity index (χ4v) is 2.59. The molecule has 102 valence electrons. The van der Waals surface area contributed by atoms with Gasteiger partial charge in [-0.25, -0.2) is 8.42 Å². The van der Waals surface area contributed by atoms with Crippen molar-refractivity contribution in [1.29, 1.82) is 0 Å². The second-order valence-electron chi connectivity index (χ2n) is 4.10. The molecule has 0 spiro atoms. The molecule has 18 heavy (non-hydrogen) atoms. The van der Waals surface area contributed by atoms with Crippen LogP contribution in [-0.2, 0) is 9.84 Å². The average molecular weight is 272 g/mol. The van der Waals surface area contributed by atoms with Crippen LogP contribution < -0.4 is 10.5 Å². The average Bonchev–Trinajstić information content (AvgIpc) is 2.38. The molecule has 0 saturated carbocycles. The Kier molecular flexibility index (Phi) is 5.55. The predicted molar refractivity (Wildman–Crippen MR) is 71.3 cm³/mol. The Morgan fingerprint density at radius 2 is 2.22 bits per heavy atom. The van der Waals surface area contributed by atoms with Crippen LogP contribution in [0.25, 0.3) is 0 Å². The molecule has 1 heterocycles. The van der Waals surface area contributed by atoms with E-state index >= 15 is 0 Å². The number of methoxy groups -OCH3 is 1. The van der Waals surface area contributed by atoms with Gasteiger partial charge in [0.05, 0.1) is 19.1 Å². The minimum Gasteiger partial charge on any atom is -0.495 e. The zero-order chi connectivity index (χ0) is 13.6. The van der Waals surface area contributed by atoms with E-state index in [0.717, 1.165) is 5.56 Å². The molecular formula is C12H20N2O3S. The van der Waals surface area contributed by atoms with Crippen molar-refractivity contribution in [1.82, 2.24) is 4.98 Å². The van der Waals surface area contributed by atoms with Crippen molar-refractivity contribution in [2.75, 3.05) is 18.6 Å². The van der Waals surface area contributed by atoms with E-state index in [9.17, 15) is 8.42 Å². The Balaban J connectivity index is 2.58. The summed E-state index contributed by atoms with van der Waals surface area (Å²) < 4.78 is 27.9. The van der Waals surface area contributed by atoms with Crippen LogP contribution >= 0.6 is 0 Å². The lowest BCUT2D eigenvalue weighted by Crippen LogP contribution is -2.15. The normalized spacial score (nSPS) is 13.3. The SMILES string of the molecule is CCS(=O)(=O)CCCC(N)c1ccncc1OC. The van der Waals surface area contributed by atoms with Crippen LogP contribution in [0.5, 0.6) is 5.75 Å². The molecule has 1 rings (SSSR count). The topological polar surface area (TPSA) is 82.3 Å². The maximum Gasteiger partial charge on any atom is 0.150 e. The lowest BCUT2D eigenvalue weighted by atomic mass is 10.0. The van der Waals surface area contributed by atoms with Gasteiger partial charge in [-0.2, -0.15) is 0 Å². The van der Waals surface area contributed by atoms with E-state index in [4.69, 9.17) is 10.5 Å². The standard InChI is InChI=1S/C12H20N2O3S/c1-3-18(15,16)8-4-5-11(13)10-6-7-14-9-12(10)17-2/h6-7,9,11H,3-5,8,13H2,1-2H3. The molecule has 0 amide bonds. The van der Waals surface area contributed by atoms with E-state index in [2.05, 4.69) is 4.98 Å². The molecule has 6 heteroatoms. The highest BCUT2D eigenvalue weighted by Crippen LogP contribution is 2.25. The summed E-state index contributed by atoms with van der Waals surface area (Å²) in [6.45, 7) is 1.65. The summed E-state index contributed by atoms with van der Waals surface area (Å²) in [5.41, 5.74) is 6.90. The minimum absolute atomic E-state index is 0.181. The second-order valence-corrected chi connectivity index (χ2v) is 6.58. The zero-order valence-electron chi connectivity index (χ0n) is 10.8. The molecule has 1 aromatic heterocycles. The maximum absolute atomic E-state index is 11.4. The van der Waals surface area contributed by atoms with Gasteiger partial charge >= 0.3 is 0 Å². The van der Waals surface area contributed by atoms with Gasteiger partial charge in [-0.3, -0.25) is 4.98 Å². The highest BCUT2D eigenvalue weighted by atomic mass is 32.2. The van der Waals surface area contributed by atoms with Crippen LogP contribution in [0.2, 0.25) is 0 Å². The summed E-state index contributed by atoms with van der Waals surface area (Å²) >= 11 is 0. The summed E-state index contributed by atoms with van der Waals surface area (Å²) in [4.78, 5) is 3.95. The molecule has 5 nitrogen and oxygen atoms in total. The highest BCUT2D eigenvalue weighted by molar-refractivity contribution is 7.91. The second kappa shape index (κ2) is 6.70. The van der Waals surface area contributed by atoms with Gasteiger partial charge in [0.15, 0.2) is 0 Å². The van der Waals surface area contributed by atoms with Crippen molar-refractivity contribution in [3.8, 4) is 5.75 Å². The Morgan fingerprint density at radius 3 is 2.83 bits per heavy atom. The maximum atomic E-state index is 11.4. The molecule has 1 aromatic rings. The molecule has 0 aliphatic heterocycles. The van der Waals surface area contributed by atoms with Gasteiger partial charge in [-0.15, -0.1) is 0 Å². The molecule has 0 saturated heterocycles. The fourth-order valence-electron chi connectivity index (χ4n) is 1.69. The Bertz CT molecular complexity index is 474. The van der Waals surface area contributed by atoms with Crippen molar-refractivity contribution in [3.63, 3.8) is 0 Å². The van der Waals surface area contributed by atoms with Crippen LogP contribution in [0.15, 0.2) is 18.5 Å². The third-order valence-electron chi connectivity index (χ3n) is 2.85. The van der Waals surface area contributed by atoms with Gasteiger partial charge in [0.2, 0.25) is 0 Å². The molecule has 0 radical (unpaired) electrons. The third-order valence-corrected chi connectivity index (χ3v) is 4.64. The number of hydrogen-bond acceptors (Lipinski definition) is 5. The van der Waals surface area contributed by atoms with Crippen molar-refractivity contribution >= 4 is 9.84 Å². The Hall–Kier alpha value is -1.14. The van der Waals surface area contributed by atoms with E-state index in [1.54, 1.807) is 32.5 Å². The van der Waals surface area contributed by atoms with Crippen LogP contribution in [0.3, 0.4) is 0 Å². The molecule has 0 aromatic carbocycles. The number of rotatable bonds is 7. The van der Waals surface area contributed by atoms with Crippen LogP contribution in [-0.4, -0.2) is 32.0 Å². The van der Waals surface area contributed by atoms with E-state index in [0.29, 0.717) is 18.6 Å². The van der Waals surface area contributed by atoms with Crippen molar-refractivity contribution in [2.45, 2.75) is 25.8 Å². The van der Waals surface area contributed by atoms with Gasteiger partial charge in [-0.1, -0.05) is 6.92 Å². The molecule has 1 unspecified atom stereocenters. The van der Waals surface area contributed by atoms with Crippen LogP contribution in [0.4, 0.5) is 0 Å². The van der Waals surface area contributed by atoms with Crippen LogP contribution in [0.1, 0.15) is 31.4 Å². The number of nitrogens with zero attached hydrogens (tertiary/aromatic N) is 1. The zero-order valence-corrected chi connectivity index (χ0v) is 11.6. The van der Waals surface area contributed by atoms with E-state index < -0.39 is 9.84 Å². The largest absolute Gasteiger partial charge is 0.495 e. The lowest BCUT2D eigenvalue weighted by molar-refractivity contribution is 0.402. The first-order valence-electron chi connectivity index (χ1n) is 5.94. The number of hydrogen-bond donors (Lipinski definition) is 1. The molecule has 0 fully saturated rings. The molecule has 2 N–H and O–H groups in total. The summed E-state index contributed by atoms with van der Waals surface area (Å²) in [5.74, 6) is 1.01. The van der Waals surface area contributed by atoms with E-state index in [1.165, 1.54) is 0 Å². The van der Waals surface area contributed by atoms with Crippen molar-refractivity contribution < 1.29 is 13.2 Å². The number of aromatic nitrogens is 1. The lowest BCUT2D eigenvalue weighted by Gasteiger charge is -2.14. The first-order valence-corrected chi connectivity index (χ1v) is 7.76. The highest BCUT2D eigenvalue weighted by Gasteiger charge is 2.13. The fraction of sp³-hybridized carbons (Fsp3) is 0.583. The van der Waals surface area contributed by atoms with E-state index in [-0.39, 0.29) is 17.5 Å². The molecule has 0 aliphatic carbocycles. The number of sulfone groups is 1. The van der Waals surface area contributed by atoms with Gasteiger partial charge < -0.3 is 10.5 Å². The monoisotopic (exact) mass is 272 g/mol. The smallest absolute Gasteiger partial charge is 0.150 e. The summed E-state index contributed by atoms with van der Waals surface area (Å²) in [6, 6.07) is 1.58. The van der Waals surface area contributed by atoms with Gasteiger partial charge in [-0.05, 0) is 18.9 Å². The quantitative estimate of drug-likeness (QED) is 0.809. The first kappa shape index (κ1) is 14.9. The Morgan fingerprint density at radius 1 is 1.50 bits per heavy atom. The summed E-state index contributed by atoms with van der Waals surface area (Å²) in [7, 11) is -1.35. The Labute approximate surface area is 108 Å². The van der Waals surface area contributed by atoms with Crippen LogP contribution in [0, 0.1) is 0 Å². The number of nitrogens with two attached hydrogens (primary N) is 1. The number of pyridine rings is 1.